The van der Waals surface area contributed by atoms with Gasteiger partial charge in [-0.3, -0.25) is 9.78 Å². The van der Waals surface area contributed by atoms with Gasteiger partial charge in [0, 0.05) is 51.6 Å². The molecule has 1 aromatic carbocycles. The van der Waals surface area contributed by atoms with Gasteiger partial charge in [-0.2, -0.15) is 4.98 Å². The molecule has 3 aromatic rings. The molecule has 2 aromatic heterocycles. The van der Waals surface area contributed by atoms with Gasteiger partial charge in [-0.25, -0.2) is 4.98 Å². The normalized spacial score (nSPS) is 16.1. The van der Waals surface area contributed by atoms with Crippen molar-refractivity contribution in [2.75, 3.05) is 32.1 Å². The predicted octanol–water partition coefficient (Wildman–Crippen LogP) is 2.08. The number of rotatable bonds is 6. The SMILES string of the molecule is CN(C)c1cncc(OC2CCN(C(=O)c3ccc(Cn4ccnc4)cc3)C2)n1. The van der Waals surface area contributed by atoms with Gasteiger partial charge in [-0.1, -0.05) is 12.1 Å². The summed E-state index contributed by atoms with van der Waals surface area (Å²) >= 11 is 0. The van der Waals surface area contributed by atoms with Gasteiger partial charge in [0.05, 0.1) is 25.3 Å². The van der Waals surface area contributed by atoms with Crippen molar-refractivity contribution < 1.29 is 9.53 Å². The van der Waals surface area contributed by atoms with Crippen LogP contribution in [0, 0.1) is 0 Å². The Morgan fingerprint density at radius 3 is 2.76 bits per heavy atom. The van der Waals surface area contributed by atoms with E-state index in [1.165, 1.54) is 0 Å². The zero-order valence-electron chi connectivity index (χ0n) is 16.6. The second kappa shape index (κ2) is 8.30. The Labute approximate surface area is 169 Å². The molecular formula is C21H24N6O2. The molecule has 0 aliphatic carbocycles. The zero-order chi connectivity index (χ0) is 20.2. The third kappa shape index (κ3) is 4.53. The van der Waals surface area contributed by atoms with E-state index in [-0.39, 0.29) is 12.0 Å². The highest BCUT2D eigenvalue weighted by Crippen LogP contribution is 2.20. The molecule has 0 spiro atoms. The average Bonchev–Trinajstić information content (AvgIpc) is 3.40. The Hall–Kier alpha value is -3.42. The first-order valence-electron chi connectivity index (χ1n) is 9.58. The van der Waals surface area contributed by atoms with Crippen LogP contribution in [0.2, 0.25) is 0 Å². The van der Waals surface area contributed by atoms with Gasteiger partial charge in [0.25, 0.3) is 5.91 Å². The van der Waals surface area contributed by atoms with Crippen LogP contribution >= 0.6 is 0 Å². The van der Waals surface area contributed by atoms with E-state index < -0.39 is 0 Å². The van der Waals surface area contributed by atoms with E-state index in [9.17, 15) is 4.79 Å². The summed E-state index contributed by atoms with van der Waals surface area (Å²) in [5, 5.41) is 0. The molecule has 29 heavy (non-hydrogen) atoms. The molecule has 1 atom stereocenters. The number of aromatic nitrogens is 4. The van der Waals surface area contributed by atoms with Crippen LogP contribution in [-0.4, -0.2) is 63.6 Å². The number of hydrogen-bond donors (Lipinski definition) is 0. The number of carbonyl (C=O) groups is 1. The largest absolute Gasteiger partial charge is 0.471 e. The van der Waals surface area contributed by atoms with E-state index in [0.717, 1.165) is 24.3 Å². The number of likely N-dealkylation sites (tertiary alicyclic amines) is 1. The molecule has 1 aliphatic rings. The van der Waals surface area contributed by atoms with Crippen molar-refractivity contribution in [3.05, 3.63) is 66.5 Å². The van der Waals surface area contributed by atoms with Crippen molar-refractivity contribution in [3.63, 3.8) is 0 Å². The third-order valence-electron chi connectivity index (χ3n) is 4.90. The van der Waals surface area contributed by atoms with E-state index in [0.29, 0.717) is 24.5 Å². The first kappa shape index (κ1) is 18.9. The number of anilines is 1. The molecule has 1 saturated heterocycles. The molecule has 0 radical (unpaired) electrons. The second-order valence-electron chi connectivity index (χ2n) is 7.32. The summed E-state index contributed by atoms with van der Waals surface area (Å²) in [6.45, 7) is 1.95. The maximum Gasteiger partial charge on any atom is 0.253 e. The molecule has 150 valence electrons. The van der Waals surface area contributed by atoms with E-state index in [1.807, 2.05) is 58.9 Å². The lowest BCUT2D eigenvalue weighted by atomic mass is 10.1. The maximum absolute atomic E-state index is 12.8. The smallest absolute Gasteiger partial charge is 0.253 e. The molecule has 1 fully saturated rings. The molecule has 0 saturated carbocycles. The first-order chi connectivity index (χ1) is 14.1. The van der Waals surface area contributed by atoms with Crippen LogP contribution in [-0.2, 0) is 6.54 Å². The van der Waals surface area contributed by atoms with Crippen molar-refractivity contribution in [2.24, 2.45) is 0 Å². The molecular weight excluding hydrogens is 368 g/mol. The quantitative estimate of drug-likeness (QED) is 0.639. The molecule has 8 nitrogen and oxygen atoms in total. The van der Waals surface area contributed by atoms with Crippen molar-refractivity contribution in [2.45, 2.75) is 19.1 Å². The lowest BCUT2D eigenvalue weighted by Gasteiger charge is -2.18. The highest BCUT2D eigenvalue weighted by Gasteiger charge is 2.28. The van der Waals surface area contributed by atoms with Crippen molar-refractivity contribution in [1.29, 1.82) is 0 Å². The lowest BCUT2D eigenvalue weighted by molar-refractivity contribution is 0.0771. The summed E-state index contributed by atoms with van der Waals surface area (Å²) < 4.78 is 7.95. The predicted molar refractivity (Wildman–Crippen MR) is 109 cm³/mol. The van der Waals surface area contributed by atoms with Crippen molar-refractivity contribution in [1.82, 2.24) is 24.4 Å². The van der Waals surface area contributed by atoms with E-state index in [4.69, 9.17) is 4.74 Å². The number of hydrogen-bond acceptors (Lipinski definition) is 6. The molecule has 8 heteroatoms. The van der Waals surface area contributed by atoms with E-state index in [2.05, 4.69) is 15.0 Å². The Balaban J connectivity index is 1.35. The monoisotopic (exact) mass is 392 g/mol. The minimum atomic E-state index is -0.0776. The number of benzene rings is 1. The number of ether oxygens (including phenoxy) is 1. The minimum Gasteiger partial charge on any atom is -0.471 e. The number of carbonyl (C=O) groups excluding carboxylic acids is 1. The molecule has 3 heterocycles. The van der Waals surface area contributed by atoms with Gasteiger partial charge in [0.15, 0.2) is 5.82 Å². The summed E-state index contributed by atoms with van der Waals surface area (Å²) in [6, 6.07) is 7.74. The van der Waals surface area contributed by atoms with Gasteiger partial charge >= 0.3 is 0 Å². The van der Waals surface area contributed by atoms with Crippen LogP contribution in [0.5, 0.6) is 5.88 Å². The average molecular weight is 392 g/mol. The maximum atomic E-state index is 12.8. The summed E-state index contributed by atoms with van der Waals surface area (Å²) in [4.78, 5) is 29.2. The number of amides is 1. The Bertz CT molecular complexity index is 956. The Morgan fingerprint density at radius 1 is 1.21 bits per heavy atom. The highest BCUT2D eigenvalue weighted by atomic mass is 16.5. The van der Waals surface area contributed by atoms with Crippen molar-refractivity contribution in [3.8, 4) is 5.88 Å². The summed E-state index contributed by atoms with van der Waals surface area (Å²) in [7, 11) is 3.81. The summed E-state index contributed by atoms with van der Waals surface area (Å²) in [6.07, 6.45) is 9.45. The van der Waals surface area contributed by atoms with Crippen LogP contribution in [0.25, 0.3) is 0 Å². The van der Waals surface area contributed by atoms with E-state index >= 15 is 0 Å². The number of nitrogens with zero attached hydrogens (tertiary/aromatic N) is 6. The fourth-order valence-electron chi connectivity index (χ4n) is 3.32. The standard InChI is InChI=1S/C21H24N6O2/c1-25(2)19-11-23-12-20(24-19)29-18-7-9-27(14-18)21(28)17-5-3-16(4-6-17)13-26-10-8-22-15-26/h3-6,8,10-12,15,18H,7,9,13-14H2,1-2H3. The van der Waals surface area contributed by atoms with Gasteiger partial charge in [0.1, 0.15) is 6.10 Å². The second-order valence-corrected chi connectivity index (χ2v) is 7.32. The van der Waals surface area contributed by atoms with Crippen LogP contribution in [0.3, 0.4) is 0 Å². The molecule has 0 bridgehead atoms. The Morgan fingerprint density at radius 2 is 2.03 bits per heavy atom. The fourth-order valence-corrected chi connectivity index (χ4v) is 3.32. The van der Waals surface area contributed by atoms with Gasteiger partial charge in [0.2, 0.25) is 5.88 Å². The first-order valence-corrected chi connectivity index (χ1v) is 9.58. The molecule has 1 amide bonds. The van der Waals surface area contributed by atoms with Gasteiger partial charge < -0.3 is 19.1 Å². The third-order valence-corrected chi connectivity index (χ3v) is 4.90. The van der Waals surface area contributed by atoms with Gasteiger partial charge in [-0.05, 0) is 17.7 Å². The molecule has 0 N–H and O–H groups in total. The van der Waals surface area contributed by atoms with Crippen LogP contribution in [0.4, 0.5) is 5.82 Å². The van der Waals surface area contributed by atoms with Crippen LogP contribution < -0.4 is 9.64 Å². The molecule has 1 aliphatic heterocycles. The fraction of sp³-hybridized carbons (Fsp3) is 0.333. The van der Waals surface area contributed by atoms with Crippen LogP contribution in [0.1, 0.15) is 22.3 Å². The topological polar surface area (TPSA) is 76.4 Å². The molecule has 1 unspecified atom stereocenters. The minimum absolute atomic E-state index is 0.0263. The summed E-state index contributed by atoms with van der Waals surface area (Å²) in [5.41, 5.74) is 1.82. The highest BCUT2D eigenvalue weighted by molar-refractivity contribution is 5.94. The van der Waals surface area contributed by atoms with Crippen LogP contribution in [0.15, 0.2) is 55.4 Å². The van der Waals surface area contributed by atoms with E-state index in [1.54, 1.807) is 24.9 Å². The Kier molecular flexibility index (Phi) is 5.41. The summed E-state index contributed by atoms with van der Waals surface area (Å²) in [5.74, 6) is 1.25. The number of imidazole rings is 1. The molecule has 4 rings (SSSR count). The van der Waals surface area contributed by atoms with Crippen molar-refractivity contribution >= 4 is 11.7 Å². The lowest BCUT2D eigenvalue weighted by Crippen LogP contribution is -2.31. The zero-order valence-corrected chi connectivity index (χ0v) is 16.6. The van der Waals surface area contributed by atoms with Gasteiger partial charge in [-0.15, -0.1) is 0 Å².